The number of hydrogen-bond acceptors (Lipinski definition) is 3. The molecule has 0 bridgehead atoms. The zero-order valence-corrected chi connectivity index (χ0v) is 11.2. The van der Waals surface area contributed by atoms with Crippen molar-refractivity contribution < 1.29 is 10.2 Å². The molecule has 7 heteroatoms. The third-order valence-electron chi connectivity index (χ3n) is 0.667. The molecular formula is C8H21N3O2S2. The van der Waals surface area contributed by atoms with Gasteiger partial charge in [-0.3, -0.25) is 0 Å². The van der Waals surface area contributed by atoms with Crippen molar-refractivity contribution in [2.24, 2.45) is 11.5 Å². The number of aliphatic hydroxyl groups excluding tert-OH is 2. The fourth-order valence-corrected chi connectivity index (χ4v) is 0.667. The van der Waals surface area contributed by atoms with Crippen LogP contribution in [0.1, 0.15) is 27.7 Å². The maximum Gasteiger partial charge on any atom is 0.251 e. The first-order chi connectivity index (χ1) is 6.59. The fraction of sp³-hybridized carbons (Fsp3) is 0.750. The highest BCUT2D eigenvalue weighted by molar-refractivity contribution is 7.80. The normalized spacial score (nSPS) is 8.40. The fourth-order valence-electron chi connectivity index (χ4n) is 0.667. The summed E-state index contributed by atoms with van der Waals surface area (Å²) in [6.07, 6.45) is 0. The first-order valence-corrected chi connectivity index (χ1v) is 5.14. The lowest BCUT2D eigenvalue weighted by molar-refractivity contribution is 0.518. The molecule has 0 aromatic heterocycles. The van der Waals surface area contributed by atoms with Crippen molar-refractivity contribution >= 4 is 34.8 Å². The number of nitrogens with one attached hydrogen (secondary N) is 1. The Bertz CT molecular complexity index is 149. The van der Waals surface area contributed by atoms with Crippen LogP contribution in [0.5, 0.6) is 0 Å². The average molecular weight is 255 g/mol. The van der Waals surface area contributed by atoms with Crippen molar-refractivity contribution in [3.8, 4) is 0 Å². The summed E-state index contributed by atoms with van der Waals surface area (Å²) in [4.78, 5) is 0. The minimum absolute atomic E-state index is 0.500. The smallest absolute Gasteiger partial charge is 0.251 e. The molecule has 0 unspecified atom stereocenters. The second-order valence-corrected chi connectivity index (χ2v) is 3.99. The molecule has 0 aliphatic carbocycles. The Balaban J connectivity index is -0.000000155. The Labute approximate surface area is 102 Å². The van der Waals surface area contributed by atoms with Crippen LogP contribution < -0.4 is 16.8 Å². The van der Waals surface area contributed by atoms with Crippen LogP contribution >= 0.6 is 24.4 Å². The lowest BCUT2D eigenvalue weighted by atomic mass is 10.3. The molecular weight excluding hydrogens is 234 g/mol. The van der Waals surface area contributed by atoms with Crippen LogP contribution in [-0.4, -0.2) is 32.6 Å². The number of rotatable bonds is 2. The van der Waals surface area contributed by atoms with E-state index in [-0.39, 0.29) is 0 Å². The van der Waals surface area contributed by atoms with E-state index in [0.29, 0.717) is 12.1 Å². The van der Waals surface area contributed by atoms with Gasteiger partial charge in [0.25, 0.3) is 10.3 Å². The number of thiocarbonyl (C=S) groups is 2. The molecule has 0 atom stereocenters. The van der Waals surface area contributed by atoms with E-state index in [2.05, 4.69) is 68.9 Å². The Morgan fingerprint density at radius 1 is 0.933 bits per heavy atom. The van der Waals surface area contributed by atoms with Crippen molar-refractivity contribution in [1.29, 1.82) is 0 Å². The van der Waals surface area contributed by atoms with Crippen LogP contribution in [0.4, 0.5) is 0 Å². The topological polar surface area (TPSA) is 105 Å². The van der Waals surface area contributed by atoms with E-state index in [1.54, 1.807) is 0 Å². The van der Waals surface area contributed by atoms with Crippen molar-refractivity contribution in [3.05, 3.63) is 0 Å². The van der Waals surface area contributed by atoms with Crippen molar-refractivity contribution in [1.82, 2.24) is 5.32 Å². The van der Waals surface area contributed by atoms with E-state index in [4.69, 9.17) is 10.2 Å². The van der Waals surface area contributed by atoms with Gasteiger partial charge in [0.15, 0.2) is 0 Å². The SMILES string of the molecule is CC(C)NC(C)C.NC(O)=S.NC(O)=S. The summed E-state index contributed by atoms with van der Waals surface area (Å²) in [5.41, 5.74) is 8.80. The first-order valence-electron chi connectivity index (χ1n) is 4.32. The van der Waals surface area contributed by atoms with Crippen LogP contribution in [0.2, 0.25) is 0 Å². The Hall–Kier alpha value is -0.660. The predicted octanol–water partition coefficient (Wildman–Crippen LogP) is 0.969. The minimum Gasteiger partial charge on any atom is -0.487 e. The lowest BCUT2D eigenvalue weighted by Crippen LogP contribution is -2.29. The molecule has 7 N–H and O–H groups in total. The summed E-state index contributed by atoms with van der Waals surface area (Å²) in [6.45, 7) is 8.61. The third-order valence-corrected chi connectivity index (χ3v) is 0.667. The molecule has 0 spiro atoms. The van der Waals surface area contributed by atoms with Gasteiger partial charge < -0.3 is 27.0 Å². The number of nitrogens with two attached hydrogens (primary N) is 2. The van der Waals surface area contributed by atoms with Crippen molar-refractivity contribution in [2.75, 3.05) is 0 Å². The van der Waals surface area contributed by atoms with Crippen LogP contribution in [0, 0.1) is 0 Å². The molecule has 15 heavy (non-hydrogen) atoms. The second-order valence-electron chi connectivity index (χ2n) is 3.15. The molecule has 0 aromatic rings. The Morgan fingerprint density at radius 2 is 1.07 bits per heavy atom. The quantitative estimate of drug-likeness (QED) is 0.468. The zero-order chi connectivity index (χ0) is 13.0. The Kier molecular flexibility index (Phi) is 17.6. The average Bonchev–Trinajstić information content (AvgIpc) is 1.78. The molecule has 0 aliphatic heterocycles. The van der Waals surface area contributed by atoms with Crippen LogP contribution in [-0.2, 0) is 0 Å². The van der Waals surface area contributed by atoms with E-state index in [1.807, 2.05) is 0 Å². The highest BCUT2D eigenvalue weighted by atomic mass is 32.1. The van der Waals surface area contributed by atoms with E-state index in [0.717, 1.165) is 0 Å². The molecule has 0 heterocycles. The standard InChI is InChI=1S/C6H15N.2CH3NOS/c1-5(2)7-6(3)4;2*2-1(3)4/h5-7H,1-4H3;2*(H3,2,3,4). The van der Waals surface area contributed by atoms with E-state index in [1.165, 1.54) is 0 Å². The molecule has 0 saturated heterocycles. The molecule has 0 saturated carbocycles. The second kappa shape index (κ2) is 13.3. The van der Waals surface area contributed by atoms with Crippen LogP contribution in [0.25, 0.3) is 0 Å². The van der Waals surface area contributed by atoms with E-state index >= 15 is 0 Å². The maximum atomic E-state index is 7.56. The first kappa shape index (κ1) is 19.8. The van der Waals surface area contributed by atoms with Crippen LogP contribution in [0.3, 0.4) is 0 Å². The Morgan fingerprint density at radius 3 is 1.07 bits per heavy atom. The molecule has 0 amide bonds. The molecule has 0 aliphatic rings. The summed E-state index contributed by atoms with van der Waals surface area (Å²) >= 11 is 7.74. The predicted molar refractivity (Wildman–Crippen MR) is 72.2 cm³/mol. The molecule has 92 valence electrons. The lowest BCUT2D eigenvalue weighted by Gasteiger charge is -2.10. The third kappa shape index (κ3) is 154. The molecule has 0 radical (unpaired) electrons. The molecule has 0 fully saturated rings. The van der Waals surface area contributed by atoms with Gasteiger partial charge in [-0.25, -0.2) is 0 Å². The molecule has 0 aromatic carbocycles. The van der Waals surface area contributed by atoms with Gasteiger partial charge in [-0.15, -0.1) is 0 Å². The zero-order valence-electron chi connectivity index (χ0n) is 9.52. The minimum atomic E-state index is -0.500. The monoisotopic (exact) mass is 255 g/mol. The van der Waals surface area contributed by atoms with E-state index in [9.17, 15) is 0 Å². The van der Waals surface area contributed by atoms with Crippen LogP contribution in [0.15, 0.2) is 0 Å². The summed E-state index contributed by atoms with van der Waals surface area (Å²) in [5.74, 6) is 0. The van der Waals surface area contributed by atoms with Gasteiger partial charge in [-0.2, -0.15) is 0 Å². The van der Waals surface area contributed by atoms with Gasteiger partial charge in [0.05, 0.1) is 0 Å². The maximum absolute atomic E-state index is 7.56. The summed E-state index contributed by atoms with van der Waals surface area (Å²) < 4.78 is 0. The van der Waals surface area contributed by atoms with Gasteiger partial charge in [0.1, 0.15) is 0 Å². The van der Waals surface area contributed by atoms with Gasteiger partial charge >= 0.3 is 0 Å². The summed E-state index contributed by atoms with van der Waals surface area (Å²) in [6, 6.07) is 1.25. The highest BCUT2D eigenvalue weighted by Crippen LogP contribution is 1.80. The van der Waals surface area contributed by atoms with Gasteiger partial charge in [-0.05, 0) is 24.4 Å². The summed E-state index contributed by atoms with van der Waals surface area (Å²) in [7, 11) is 0. The molecule has 5 nitrogen and oxygen atoms in total. The number of hydrogen-bond donors (Lipinski definition) is 5. The van der Waals surface area contributed by atoms with Crippen molar-refractivity contribution in [3.63, 3.8) is 0 Å². The molecule has 0 rings (SSSR count). The number of aliphatic hydroxyl groups is 2. The van der Waals surface area contributed by atoms with Crippen molar-refractivity contribution in [2.45, 2.75) is 39.8 Å². The largest absolute Gasteiger partial charge is 0.487 e. The van der Waals surface area contributed by atoms with Gasteiger partial charge in [-0.1, -0.05) is 27.7 Å². The van der Waals surface area contributed by atoms with Gasteiger partial charge in [0, 0.05) is 12.1 Å². The van der Waals surface area contributed by atoms with Gasteiger partial charge in [0.2, 0.25) is 0 Å². The van der Waals surface area contributed by atoms with E-state index < -0.39 is 10.3 Å². The summed E-state index contributed by atoms with van der Waals surface area (Å²) in [5, 5.41) is 17.4. The highest BCUT2D eigenvalue weighted by Gasteiger charge is 1.92.